The van der Waals surface area contributed by atoms with Crippen LogP contribution in [0.15, 0.2) is 30.3 Å². The molecular weight excluding hydrogens is 240 g/mol. The van der Waals surface area contributed by atoms with Gasteiger partial charge in [0.05, 0.1) is 23.6 Å². The maximum Gasteiger partial charge on any atom is 0.238 e. The molecule has 1 aromatic carbocycles. The summed E-state index contributed by atoms with van der Waals surface area (Å²) in [5.74, 6) is -0.0727. The molecule has 2 aromatic rings. The highest BCUT2D eigenvalue weighted by molar-refractivity contribution is 5.94. The van der Waals surface area contributed by atoms with Gasteiger partial charge in [-0.05, 0) is 39.1 Å². The second-order valence-electron chi connectivity index (χ2n) is 4.43. The third-order valence-electron chi connectivity index (χ3n) is 2.75. The predicted molar refractivity (Wildman–Crippen MR) is 75.6 cm³/mol. The van der Waals surface area contributed by atoms with Gasteiger partial charge in [0.1, 0.15) is 0 Å². The molecule has 19 heavy (non-hydrogen) atoms. The highest BCUT2D eigenvalue weighted by Gasteiger charge is 2.10. The molecule has 5 nitrogen and oxygen atoms in total. The van der Waals surface area contributed by atoms with Gasteiger partial charge in [-0.2, -0.15) is 5.10 Å². The van der Waals surface area contributed by atoms with Gasteiger partial charge in [0.15, 0.2) is 0 Å². The maximum absolute atomic E-state index is 11.7. The molecule has 0 aliphatic rings. The summed E-state index contributed by atoms with van der Waals surface area (Å²) in [6.45, 7) is 4.23. The number of anilines is 1. The Kier molecular flexibility index (Phi) is 3.97. The Morgan fingerprint density at radius 3 is 2.68 bits per heavy atom. The molecule has 1 aromatic heterocycles. The maximum atomic E-state index is 11.7. The Bertz CT molecular complexity index is 589. The van der Waals surface area contributed by atoms with Crippen LogP contribution in [-0.2, 0) is 4.79 Å². The van der Waals surface area contributed by atoms with Crippen molar-refractivity contribution in [3.05, 3.63) is 41.7 Å². The van der Waals surface area contributed by atoms with Gasteiger partial charge in [0, 0.05) is 5.69 Å². The number of amides is 1. The van der Waals surface area contributed by atoms with Crippen molar-refractivity contribution in [2.45, 2.75) is 13.8 Å². The molecule has 0 fully saturated rings. The summed E-state index contributed by atoms with van der Waals surface area (Å²) in [4.78, 5) is 11.7. The lowest BCUT2D eigenvalue weighted by Crippen LogP contribution is -2.25. The average Bonchev–Trinajstić information content (AvgIpc) is 2.69. The molecule has 1 amide bonds. The fourth-order valence-electron chi connectivity index (χ4n) is 1.99. The number of nitrogens with zero attached hydrogens (tertiary/aromatic N) is 2. The largest absolute Gasteiger partial charge is 0.323 e. The highest BCUT2D eigenvalue weighted by atomic mass is 16.1. The van der Waals surface area contributed by atoms with E-state index in [2.05, 4.69) is 15.7 Å². The van der Waals surface area contributed by atoms with E-state index in [1.165, 1.54) is 0 Å². The first-order valence-electron chi connectivity index (χ1n) is 6.19. The molecule has 0 aliphatic carbocycles. The monoisotopic (exact) mass is 258 g/mol. The van der Waals surface area contributed by atoms with Gasteiger partial charge in [0.25, 0.3) is 0 Å². The normalized spacial score (nSPS) is 10.5. The van der Waals surface area contributed by atoms with Gasteiger partial charge in [-0.1, -0.05) is 12.1 Å². The second-order valence-corrected chi connectivity index (χ2v) is 4.43. The summed E-state index contributed by atoms with van der Waals surface area (Å²) in [5.41, 5.74) is 3.62. The topological polar surface area (TPSA) is 59.0 Å². The Morgan fingerprint density at radius 1 is 1.32 bits per heavy atom. The van der Waals surface area contributed by atoms with Crippen LogP contribution in [0.2, 0.25) is 0 Å². The summed E-state index contributed by atoms with van der Waals surface area (Å²) >= 11 is 0. The van der Waals surface area contributed by atoms with Crippen LogP contribution in [0.4, 0.5) is 5.69 Å². The van der Waals surface area contributed by atoms with Crippen molar-refractivity contribution in [1.82, 2.24) is 15.1 Å². The van der Waals surface area contributed by atoms with Crippen LogP contribution in [-0.4, -0.2) is 29.3 Å². The summed E-state index contributed by atoms with van der Waals surface area (Å²) in [7, 11) is 1.74. The molecule has 5 heteroatoms. The molecule has 0 radical (unpaired) electrons. The molecule has 0 unspecified atom stereocenters. The first kappa shape index (κ1) is 13.3. The molecule has 0 saturated heterocycles. The van der Waals surface area contributed by atoms with Crippen molar-refractivity contribution < 1.29 is 4.79 Å². The first-order valence-corrected chi connectivity index (χ1v) is 6.19. The van der Waals surface area contributed by atoms with E-state index in [-0.39, 0.29) is 12.5 Å². The SMILES string of the molecule is CNCC(=O)Nc1ccccc1-n1nc(C)cc1C. The molecule has 100 valence electrons. The zero-order chi connectivity index (χ0) is 13.8. The van der Waals surface area contributed by atoms with Crippen LogP contribution in [0.3, 0.4) is 0 Å². The molecule has 2 rings (SSSR count). The Hall–Kier alpha value is -2.14. The first-order chi connectivity index (χ1) is 9.11. The van der Waals surface area contributed by atoms with Gasteiger partial charge >= 0.3 is 0 Å². The van der Waals surface area contributed by atoms with Crippen molar-refractivity contribution in [1.29, 1.82) is 0 Å². The van der Waals surface area contributed by atoms with E-state index in [4.69, 9.17) is 0 Å². The van der Waals surface area contributed by atoms with Crippen molar-refractivity contribution in [2.24, 2.45) is 0 Å². The van der Waals surface area contributed by atoms with Crippen molar-refractivity contribution >= 4 is 11.6 Å². The third-order valence-corrected chi connectivity index (χ3v) is 2.75. The van der Waals surface area contributed by atoms with E-state index in [0.717, 1.165) is 22.8 Å². The minimum atomic E-state index is -0.0727. The molecule has 2 N–H and O–H groups in total. The fourth-order valence-corrected chi connectivity index (χ4v) is 1.99. The van der Waals surface area contributed by atoms with Crippen LogP contribution >= 0.6 is 0 Å². The Balaban J connectivity index is 2.36. The number of likely N-dealkylation sites (N-methyl/N-ethyl adjacent to an activating group) is 1. The standard InChI is InChI=1S/C14H18N4O/c1-10-8-11(2)18(17-10)13-7-5-4-6-12(13)16-14(19)9-15-3/h4-8,15H,9H2,1-3H3,(H,16,19). The number of hydrogen-bond donors (Lipinski definition) is 2. The number of rotatable bonds is 4. The lowest BCUT2D eigenvalue weighted by molar-refractivity contribution is -0.115. The third kappa shape index (κ3) is 3.00. The molecular formula is C14H18N4O. The number of nitrogens with one attached hydrogen (secondary N) is 2. The second kappa shape index (κ2) is 5.67. The highest BCUT2D eigenvalue weighted by Crippen LogP contribution is 2.21. The number of benzene rings is 1. The minimum absolute atomic E-state index is 0.0727. The summed E-state index contributed by atoms with van der Waals surface area (Å²) in [6.07, 6.45) is 0. The molecule has 0 aliphatic heterocycles. The lowest BCUT2D eigenvalue weighted by Gasteiger charge is -2.12. The number of carbonyl (C=O) groups excluding carboxylic acids is 1. The van der Waals surface area contributed by atoms with E-state index < -0.39 is 0 Å². The molecule has 0 bridgehead atoms. The number of para-hydroxylation sites is 2. The number of carbonyl (C=O) groups is 1. The average molecular weight is 258 g/mol. The number of aromatic nitrogens is 2. The molecule has 0 spiro atoms. The zero-order valence-corrected chi connectivity index (χ0v) is 11.4. The van der Waals surface area contributed by atoms with Crippen LogP contribution in [0.25, 0.3) is 5.69 Å². The minimum Gasteiger partial charge on any atom is -0.323 e. The van der Waals surface area contributed by atoms with Crippen LogP contribution in [0.1, 0.15) is 11.4 Å². The summed E-state index contributed by atoms with van der Waals surface area (Å²) in [6, 6.07) is 9.64. The van der Waals surface area contributed by atoms with E-state index in [1.807, 2.05) is 48.9 Å². The fraction of sp³-hybridized carbons (Fsp3) is 0.286. The van der Waals surface area contributed by atoms with E-state index in [0.29, 0.717) is 0 Å². The predicted octanol–water partition coefficient (Wildman–Crippen LogP) is 1.65. The van der Waals surface area contributed by atoms with Crippen LogP contribution in [0, 0.1) is 13.8 Å². The number of hydrogen-bond acceptors (Lipinski definition) is 3. The quantitative estimate of drug-likeness (QED) is 0.876. The zero-order valence-electron chi connectivity index (χ0n) is 11.4. The van der Waals surface area contributed by atoms with Gasteiger partial charge < -0.3 is 10.6 Å². The van der Waals surface area contributed by atoms with Gasteiger partial charge in [0.2, 0.25) is 5.91 Å². The van der Waals surface area contributed by atoms with Crippen molar-refractivity contribution in [3.8, 4) is 5.69 Å². The van der Waals surface area contributed by atoms with Gasteiger partial charge in [-0.15, -0.1) is 0 Å². The van der Waals surface area contributed by atoms with Crippen molar-refractivity contribution in [2.75, 3.05) is 18.9 Å². The van der Waals surface area contributed by atoms with Gasteiger partial charge in [-0.3, -0.25) is 4.79 Å². The van der Waals surface area contributed by atoms with E-state index in [1.54, 1.807) is 7.05 Å². The molecule has 0 saturated carbocycles. The summed E-state index contributed by atoms with van der Waals surface area (Å²) in [5, 5.41) is 10.2. The van der Waals surface area contributed by atoms with Crippen molar-refractivity contribution in [3.63, 3.8) is 0 Å². The summed E-state index contributed by atoms with van der Waals surface area (Å²) < 4.78 is 1.84. The smallest absolute Gasteiger partial charge is 0.238 e. The van der Waals surface area contributed by atoms with E-state index >= 15 is 0 Å². The van der Waals surface area contributed by atoms with Gasteiger partial charge in [-0.25, -0.2) is 4.68 Å². The Morgan fingerprint density at radius 2 is 2.05 bits per heavy atom. The lowest BCUT2D eigenvalue weighted by atomic mass is 10.2. The molecule has 1 heterocycles. The van der Waals surface area contributed by atoms with Crippen LogP contribution < -0.4 is 10.6 Å². The van der Waals surface area contributed by atoms with Crippen LogP contribution in [0.5, 0.6) is 0 Å². The van der Waals surface area contributed by atoms with E-state index in [9.17, 15) is 4.79 Å². The molecule has 0 atom stereocenters. The number of aryl methyl sites for hydroxylation is 2. The Labute approximate surface area is 112 Å².